The summed E-state index contributed by atoms with van der Waals surface area (Å²) in [7, 11) is -0.397. The fraction of sp³-hybridized carbons (Fsp3) is 0.538. The second kappa shape index (κ2) is 7.36. The lowest BCUT2D eigenvalue weighted by molar-refractivity contribution is 0.722. The molecule has 90 valence electrons. The van der Waals surface area contributed by atoms with E-state index in [1.54, 1.807) is 0 Å². The van der Waals surface area contributed by atoms with Crippen molar-refractivity contribution in [3.63, 3.8) is 0 Å². The van der Waals surface area contributed by atoms with Gasteiger partial charge in [0.2, 0.25) is 0 Å². The Morgan fingerprint density at radius 3 is 2.38 bits per heavy atom. The summed E-state index contributed by atoms with van der Waals surface area (Å²) in [4.78, 5) is 0. The van der Waals surface area contributed by atoms with Crippen LogP contribution in [0.4, 0.5) is 0 Å². The van der Waals surface area contributed by atoms with Crippen LogP contribution in [-0.4, -0.2) is 14.2 Å². The Morgan fingerprint density at radius 2 is 1.81 bits per heavy atom. The van der Waals surface area contributed by atoms with Gasteiger partial charge >= 0.3 is 0 Å². The predicted molar refractivity (Wildman–Crippen MR) is 77.7 cm³/mol. The average molecular weight is 275 g/mol. The number of rotatable bonds is 6. The second-order valence-corrected chi connectivity index (χ2v) is 9.17. The molecule has 1 rings (SSSR count). The molecular formula is C13H20Cl2Si. The van der Waals surface area contributed by atoms with Crippen molar-refractivity contribution < 1.29 is 0 Å². The van der Waals surface area contributed by atoms with Crippen LogP contribution < -0.4 is 0 Å². The number of hydrogen-bond acceptors (Lipinski definition) is 0. The highest BCUT2D eigenvalue weighted by Crippen LogP contribution is 2.17. The zero-order valence-corrected chi connectivity index (χ0v) is 12.7. The normalized spacial score (nSPS) is 13.1. The first-order valence-electron chi connectivity index (χ1n) is 5.96. The first-order chi connectivity index (χ1) is 7.58. The van der Waals surface area contributed by atoms with E-state index in [9.17, 15) is 0 Å². The molecule has 1 atom stereocenters. The van der Waals surface area contributed by atoms with Crippen molar-refractivity contribution in [2.45, 2.75) is 43.8 Å². The number of alkyl halides is 1. The molecule has 0 aromatic heterocycles. The molecule has 0 saturated carbocycles. The van der Waals surface area contributed by atoms with Crippen molar-refractivity contribution in [1.29, 1.82) is 0 Å². The molecule has 0 spiro atoms. The number of halogens is 2. The third-order valence-electron chi connectivity index (χ3n) is 2.67. The lowest BCUT2D eigenvalue weighted by Crippen LogP contribution is -2.06. The summed E-state index contributed by atoms with van der Waals surface area (Å²) in [6, 6.07) is 9.40. The lowest BCUT2D eigenvalue weighted by Gasteiger charge is -2.10. The summed E-state index contributed by atoms with van der Waals surface area (Å²) in [5.41, 5.74) is 1.28. The van der Waals surface area contributed by atoms with Gasteiger partial charge in [0.1, 0.15) is 0 Å². The van der Waals surface area contributed by atoms with Gasteiger partial charge in [0.05, 0.1) is 0 Å². The molecule has 0 bridgehead atoms. The minimum Gasteiger partial charge on any atom is -0.123 e. The molecule has 0 aliphatic heterocycles. The quantitative estimate of drug-likeness (QED) is 0.519. The van der Waals surface area contributed by atoms with Gasteiger partial charge < -0.3 is 0 Å². The molecule has 0 aliphatic carbocycles. The standard InChI is InChI=1S/C13H20Cl2Si/c1-16(2)9-3-4-13(15)10-11-5-7-12(14)8-6-11/h5-8,13,16H,3-4,9-10H2,1-2H3. The second-order valence-electron chi connectivity index (χ2n) is 4.75. The molecule has 0 fully saturated rings. The van der Waals surface area contributed by atoms with Crippen LogP contribution in [0, 0.1) is 0 Å². The molecule has 1 aromatic rings. The molecule has 0 N–H and O–H groups in total. The fourth-order valence-corrected chi connectivity index (χ4v) is 3.24. The number of hydrogen-bond donors (Lipinski definition) is 0. The highest BCUT2D eigenvalue weighted by Gasteiger charge is 2.06. The molecule has 16 heavy (non-hydrogen) atoms. The summed E-state index contributed by atoms with van der Waals surface area (Å²) < 4.78 is 0. The Labute approximate surface area is 111 Å². The molecule has 0 radical (unpaired) electrons. The van der Waals surface area contributed by atoms with Crippen molar-refractivity contribution in [2.75, 3.05) is 0 Å². The summed E-state index contributed by atoms with van der Waals surface area (Å²) in [6.45, 7) is 4.78. The van der Waals surface area contributed by atoms with Gasteiger partial charge in [-0.15, -0.1) is 11.6 Å². The topological polar surface area (TPSA) is 0 Å². The molecule has 0 amide bonds. The van der Waals surface area contributed by atoms with E-state index in [1.165, 1.54) is 18.0 Å². The third-order valence-corrected chi connectivity index (χ3v) is 4.86. The highest BCUT2D eigenvalue weighted by molar-refractivity contribution is 6.55. The molecule has 1 aromatic carbocycles. The summed E-state index contributed by atoms with van der Waals surface area (Å²) in [5, 5.41) is 1.06. The Morgan fingerprint density at radius 1 is 1.19 bits per heavy atom. The zero-order chi connectivity index (χ0) is 12.0. The average Bonchev–Trinajstić information content (AvgIpc) is 2.21. The smallest absolute Gasteiger partial charge is 0.0406 e. The number of benzene rings is 1. The fourth-order valence-electron chi connectivity index (χ4n) is 1.73. The van der Waals surface area contributed by atoms with Crippen molar-refractivity contribution >= 4 is 32.0 Å². The van der Waals surface area contributed by atoms with E-state index in [0.29, 0.717) is 0 Å². The molecule has 3 heteroatoms. The van der Waals surface area contributed by atoms with Gasteiger partial charge in [-0.25, -0.2) is 0 Å². The Bertz CT molecular complexity index is 295. The third kappa shape index (κ3) is 5.93. The maximum Gasteiger partial charge on any atom is 0.0406 e. The molecule has 0 aliphatic rings. The van der Waals surface area contributed by atoms with Crippen LogP contribution >= 0.6 is 23.2 Å². The van der Waals surface area contributed by atoms with E-state index in [-0.39, 0.29) is 5.38 Å². The lowest BCUT2D eigenvalue weighted by atomic mass is 10.1. The predicted octanol–water partition coefficient (Wildman–Crippen LogP) is 4.76. The molecule has 0 saturated heterocycles. The van der Waals surface area contributed by atoms with Crippen LogP contribution in [0.3, 0.4) is 0 Å². The summed E-state index contributed by atoms with van der Waals surface area (Å²) in [5.74, 6) is 0. The van der Waals surface area contributed by atoms with E-state index in [1.807, 2.05) is 12.1 Å². The van der Waals surface area contributed by atoms with Crippen LogP contribution in [0.15, 0.2) is 24.3 Å². The maximum absolute atomic E-state index is 6.32. The Hall–Kier alpha value is 0.0169. The largest absolute Gasteiger partial charge is 0.123 e. The van der Waals surface area contributed by atoms with E-state index >= 15 is 0 Å². The van der Waals surface area contributed by atoms with E-state index in [4.69, 9.17) is 23.2 Å². The van der Waals surface area contributed by atoms with Crippen molar-refractivity contribution in [3.05, 3.63) is 34.9 Å². The highest BCUT2D eigenvalue weighted by atomic mass is 35.5. The summed E-state index contributed by atoms with van der Waals surface area (Å²) in [6.07, 6.45) is 3.37. The van der Waals surface area contributed by atoms with Gasteiger partial charge in [0.15, 0.2) is 0 Å². The van der Waals surface area contributed by atoms with E-state index in [0.717, 1.165) is 17.9 Å². The van der Waals surface area contributed by atoms with Gasteiger partial charge in [-0.3, -0.25) is 0 Å². The van der Waals surface area contributed by atoms with Crippen LogP contribution in [0.2, 0.25) is 24.2 Å². The van der Waals surface area contributed by atoms with Crippen molar-refractivity contribution in [2.24, 2.45) is 0 Å². The molecule has 1 unspecified atom stereocenters. The zero-order valence-electron chi connectivity index (χ0n) is 10.0. The Balaban J connectivity index is 2.28. The Kier molecular flexibility index (Phi) is 6.48. The monoisotopic (exact) mass is 274 g/mol. The molecule has 0 nitrogen and oxygen atoms in total. The molecular weight excluding hydrogens is 255 g/mol. The van der Waals surface area contributed by atoms with Crippen LogP contribution in [0.1, 0.15) is 18.4 Å². The first kappa shape index (κ1) is 14.1. The van der Waals surface area contributed by atoms with Gasteiger partial charge in [0, 0.05) is 19.2 Å². The molecule has 0 heterocycles. The van der Waals surface area contributed by atoms with Crippen LogP contribution in [-0.2, 0) is 6.42 Å². The van der Waals surface area contributed by atoms with Crippen LogP contribution in [0.25, 0.3) is 0 Å². The summed E-state index contributed by atoms with van der Waals surface area (Å²) >= 11 is 12.2. The first-order valence-corrected chi connectivity index (χ1v) is 9.90. The van der Waals surface area contributed by atoms with Gasteiger partial charge in [0.25, 0.3) is 0 Å². The van der Waals surface area contributed by atoms with Gasteiger partial charge in [-0.1, -0.05) is 49.3 Å². The van der Waals surface area contributed by atoms with Gasteiger partial charge in [-0.2, -0.15) is 0 Å². The van der Waals surface area contributed by atoms with Crippen LogP contribution in [0.5, 0.6) is 0 Å². The van der Waals surface area contributed by atoms with Crippen molar-refractivity contribution in [3.8, 4) is 0 Å². The maximum atomic E-state index is 6.32. The SMILES string of the molecule is C[SiH](C)CCCC(Cl)Cc1ccc(Cl)cc1. The minimum atomic E-state index is -0.397. The van der Waals surface area contributed by atoms with Crippen molar-refractivity contribution in [1.82, 2.24) is 0 Å². The van der Waals surface area contributed by atoms with Gasteiger partial charge in [-0.05, 0) is 30.5 Å². The minimum absolute atomic E-state index is 0.272. The van der Waals surface area contributed by atoms with E-state index < -0.39 is 8.80 Å². The van der Waals surface area contributed by atoms with E-state index in [2.05, 4.69) is 25.2 Å².